The topological polar surface area (TPSA) is 0 Å². The molecule has 0 radical (unpaired) electrons. The largest absolute Gasteiger partial charge is 0.0989 e. The van der Waals surface area contributed by atoms with E-state index in [2.05, 4.69) is 6.30 Å². The first-order valence-electron chi connectivity index (χ1n) is 1.38. The number of rotatable bonds is 0. The molecule has 5 heavy (non-hydrogen) atoms. The normalized spacial score (nSPS) is 11.8. The van der Waals surface area contributed by atoms with Gasteiger partial charge in [0.2, 0.25) is 0 Å². The average molecular weight is 111 g/mol. The van der Waals surface area contributed by atoms with Crippen molar-refractivity contribution in [3.63, 3.8) is 0 Å². The van der Waals surface area contributed by atoms with Gasteiger partial charge < -0.3 is 0 Å². The summed E-state index contributed by atoms with van der Waals surface area (Å²) in [7, 11) is 0. The van der Waals surface area contributed by atoms with Crippen LogP contribution in [-0.2, 0) is 0 Å². The second-order valence-electron chi connectivity index (χ2n) is 1.54. The maximum absolute atomic E-state index is 5.53. The van der Waals surface area contributed by atoms with Gasteiger partial charge in [-0.2, -0.15) is 0 Å². The van der Waals surface area contributed by atoms with E-state index in [0.29, 0.717) is 0 Å². The number of hydrogen-bond donors (Lipinski definition) is 0. The third-order valence-corrected chi connectivity index (χ3v) is 0. The van der Waals surface area contributed by atoms with Gasteiger partial charge in [-0.1, -0.05) is 17.5 Å². The van der Waals surface area contributed by atoms with Gasteiger partial charge in [-0.05, 0) is 19.6 Å². The molecule has 0 fully saturated rings. The summed E-state index contributed by atoms with van der Waals surface area (Å²) < 4.78 is 0. The molecule has 0 nitrogen and oxygen atoms in total. The quantitative estimate of drug-likeness (QED) is 0.418. The molecule has 0 saturated carbocycles. The van der Waals surface area contributed by atoms with Crippen molar-refractivity contribution in [2.75, 3.05) is 13.3 Å². The molecule has 0 heterocycles. The van der Waals surface area contributed by atoms with Crippen LogP contribution in [0.2, 0.25) is 0 Å². The van der Waals surface area contributed by atoms with Crippen LogP contribution in [0.25, 0.3) is 0 Å². The van der Waals surface area contributed by atoms with Gasteiger partial charge in [-0.3, -0.25) is 0 Å². The van der Waals surface area contributed by atoms with E-state index in [0.717, 1.165) is 0 Å². The fraction of sp³-hybridized carbons (Fsp3) is 0.667. The second-order valence-corrected chi connectivity index (χ2v) is 7.36. The summed E-state index contributed by atoms with van der Waals surface area (Å²) in [6.07, 6.45) is 2.48. The number of halogens is 1. The highest BCUT2D eigenvalue weighted by molar-refractivity contribution is 7.95. The maximum atomic E-state index is 5.53. The molecule has 0 unspecified atom stereocenters. The average Bonchev–Trinajstić information content (AvgIpc) is 0.722. The zero-order valence-electron chi connectivity index (χ0n) is 3.53. The lowest BCUT2D eigenvalue weighted by Crippen LogP contribution is -1.52. The Hall–Kier alpha value is 0.590. The van der Waals surface area contributed by atoms with Crippen molar-refractivity contribution in [2.24, 2.45) is 0 Å². The highest BCUT2D eigenvalue weighted by Gasteiger charge is 1.83. The molecule has 0 saturated heterocycles. The van der Waals surface area contributed by atoms with Crippen LogP contribution in [0.4, 0.5) is 0 Å². The summed E-state index contributed by atoms with van der Waals surface area (Å²) in [5.41, 5.74) is 0. The van der Waals surface area contributed by atoms with E-state index in [1.165, 1.54) is 0 Å². The fourth-order valence-corrected chi connectivity index (χ4v) is 0. The lowest BCUT2D eigenvalue weighted by atomic mass is 11.9. The molecule has 0 rings (SSSR count). The minimum Gasteiger partial charge on any atom is -0.0989 e. The Bertz CT molecular complexity index is 53.0. The predicted molar refractivity (Wildman–Crippen MR) is 31.7 cm³/mol. The molecule has 2 heteroatoms. The van der Waals surface area contributed by atoms with Crippen LogP contribution in [0.5, 0.6) is 0 Å². The van der Waals surface area contributed by atoms with Crippen LogP contribution in [0.1, 0.15) is 0 Å². The molecule has 0 N–H and O–H groups in total. The molecule has 0 aliphatic heterocycles. The Morgan fingerprint density at radius 3 is 1.60 bits per heavy atom. The Kier molecular flexibility index (Phi) is 1.52. The van der Waals surface area contributed by atoms with Gasteiger partial charge in [-0.15, -0.1) is 0 Å². The van der Waals surface area contributed by atoms with Crippen molar-refractivity contribution in [1.29, 1.82) is 0 Å². The van der Waals surface area contributed by atoms with E-state index in [1.54, 1.807) is 0 Å². The van der Waals surface area contributed by atoms with Crippen molar-refractivity contribution in [3.8, 4) is 0 Å². The van der Waals surface area contributed by atoms with Gasteiger partial charge in [0.05, 0.1) is 0 Å². The lowest BCUT2D eigenvalue weighted by molar-refractivity contribution is 2.28. The van der Waals surface area contributed by atoms with Crippen molar-refractivity contribution < 1.29 is 0 Å². The van der Waals surface area contributed by atoms with Crippen molar-refractivity contribution >= 4 is 23.8 Å². The molecule has 0 aliphatic rings. The zero-order valence-corrected chi connectivity index (χ0v) is 5.18. The van der Waals surface area contributed by atoms with Crippen LogP contribution in [0, 0.1) is 0 Å². The molecule has 32 valence electrons. The molecule has 0 aromatic rings. The smallest absolute Gasteiger partial charge is 0.0323 e. The van der Waals surface area contributed by atoms with E-state index < -0.39 is 6.24 Å². The monoisotopic (exact) mass is 110 g/mol. The first-order valence-corrected chi connectivity index (χ1v) is 5.15. The maximum Gasteiger partial charge on any atom is -0.0323 e. The summed E-state index contributed by atoms with van der Waals surface area (Å²) >= 11 is 5.53. The van der Waals surface area contributed by atoms with Crippen LogP contribution in [0.15, 0.2) is 0 Å². The Morgan fingerprint density at radius 2 is 1.60 bits per heavy atom. The molecular weight excluding hydrogens is 102 g/mol. The molecule has 0 aromatic heterocycles. The highest BCUT2D eigenvalue weighted by atomic mass is 35.7. The molecule has 0 amide bonds. The second kappa shape index (κ2) is 1.36. The Labute approximate surface area is 37.9 Å². The molecule has 0 spiro atoms. The summed E-state index contributed by atoms with van der Waals surface area (Å²) in [4.78, 5) is 0. The van der Waals surface area contributed by atoms with Crippen molar-refractivity contribution in [3.05, 3.63) is 0 Å². The summed E-state index contributed by atoms with van der Waals surface area (Å²) in [5.74, 6) is 0. The standard InChI is InChI=1S/C3H8ClP/c1-5(2,3)4/h1H2,2-3H3. The first kappa shape index (κ1) is 5.59. The van der Waals surface area contributed by atoms with Crippen LogP contribution < -0.4 is 0 Å². The Balaban J connectivity index is 3.47. The third kappa shape index (κ3) is 88.5. The van der Waals surface area contributed by atoms with Gasteiger partial charge >= 0.3 is 0 Å². The van der Waals surface area contributed by atoms with E-state index >= 15 is 0 Å². The third-order valence-electron chi connectivity index (χ3n) is 0. The SMILES string of the molecule is C=P(C)(C)Cl. The van der Waals surface area contributed by atoms with E-state index in [1.807, 2.05) is 13.3 Å². The Morgan fingerprint density at radius 1 is 1.60 bits per heavy atom. The van der Waals surface area contributed by atoms with Gasteiger partial charge in [0, 0.05) is 0 Å². The van der Waals surface area contributed by atoms with Crippen LogP contribution >= 0.6 is 17.5 Å². The minimum absolute atomic E-state index is 1.17. The van der Waals surface area contributed by atoms with Gasteiger partial charge in [-0.25, -0.2) is 0 Å². The number of hydrogen-bond acceptors (Lipinski definition) is 0. The summed E-state index contributed by atoms with van der Waals surface area (Å²) in [6.45, 7) is 3.91. The summed E-state index contributed by atoms with van der Waals surface area (Å²) in [5, 5.41) is 0. The lowest BCUT2D eigenvalue weighted by Gasteiger charge is -1.92. The molecule has 0 aromatic carbocycles. The van der Waals surface area contributed by atoms with Gasteiger partial charge in [0.1, 0.15) is 0 Å². The van der Waals surface area contributed by atoms with E-state index in [-0.39, 0.29) is 0 Å². The van der Waals surface area contributed by atoms with E-state index in [4.69, 9.17) is 11.2 Å². The van der Waals surface area contributed by atoms with Crippen molar-refractivity contribution in [1.82, 2.24) is 0 Å². The van der Waals surface area contributed by atoms with E-state index in [9.17, 15) is 0 Å². The highest BCUT2D eigenvalue weighted by Crippen LogP contribution is 2.40. The molecular formula is C3H8ClP. The van der Waals surface area contributed by atoms with Gasteiger partial charge in [0.15, 0.2) is 0 Å². The van der Waals surface area contributed by atoms with Crippen LogP contribution in [-0.4, -0.2) is 19.6 Å². The fourth-order valence-electron chi connectivity index (χ4n) is 0. The van der Waals surface area contributed by atoms with Crippen LogP contribution in [0.3, 0.4) is 0 Å². The molecule has 0 atom stereocenters. The molecule has 0 bridgehead atoms. The first-order chi connectivity index (χ1) is 2.00. The molecule has 0 aliphatic carbocycles. The summed E-state index contributed by atoms with van der Waals surface area (Å²) in [6, 6.07) is 0. The predicted octanol–water partition coefficient (Wildman–Crippen LogP) is 1.85. The zero-order chi connectivity index (χ0) is 4.50. The van der Waals surface area contributed by atoms with Crippen molar-refractivity contribution in [2.45, 2.75) is 0 Å². The van der Waals surface area contributed by atoms with Gasteiger partial charge in [0.25, 0.3) is 0 Å². The minimum atomic E-state index is -1.17.